The second-order valence-corrected chi connectivity index (χ2v) is 7.38. The molecular weight excluding hydrogens is 336 g/mol. The Morgan fingerprint density at radius 1 is 0.357 bits per heavy atom. The molecule has 0 bridgehead atoms. The van der Waals surface area contributed by atoms with E-state index in [9.17, 15) is 0 Å². The highest BCUT2D eigenvalue weighted by Gasteiger charge is 2.16. The molecule has 28 heavy (non-hydrogen) atoms. The van der Waals surface area contributed by atoms with Crippen molar-refractivity contribution in [3.8, 4) is 22.3 Å². The molecule has 0 fully saturated rings. The van der Waals surface area contributed by atoms with Crippen molar-refractivity contribution in [2.24, 2.45) is 0 Å². The first kappa shape index (κ1) is 15.4. The van der Waals surface area contributed by atoms with Crippen LogP contribution in [-0.4, -0.2) is 0 Å². The summed E-state index contributed by atoms with van der Waals surface area (Å²) in [6, 6.07) is 39.6. The third-order valence-corrected chi connectivity index (χ3v) is 5.82. The Hall–Kier alpha value is -3.64. The van der Waals surface area contributed by atoms with Crippen molar-refractivity contribution >= 4 is 32.3 Å². The predicted molar refractivity (Wildman–Crippen MR) is 121 cm³/mol. The summed E-state index contributed by atoms with van der Waals surface area (Å²) in [7, 11) is 0. The molecule has 0 spiro atoms. The fourth-order valence-electron chi connectivity index (χ4n) is 4.54. The summed E-state index contributed by atoms with van der Waals surface area (Å²) in [5, 5.41) is 8.00. The quantitative estimate of drug-likeness (QED) is 0.277. The molecule has 0 aromatic heterocycles. The standard InChI is InChI=1S/C28H18/c1-3-8-19(9-4-1)25-18-26(20-10-5-2-6-11-20)24-17-15-22-13-7-12-21-14-16-23(25)28(24)27(21)22/h1-18H. The van der Waals surface area contributed by atoms with Crippen molar-refractivity contribution in [2.45, 2.75) is 0 Å². The van der Waals surface area contributed by atoms with Gasteiger partial charge in [0.25, 0.3) is 0 Å². The van der Waals surface area contributed by atoms with Gasteiger partial charge < -0.3 is 0 Å². The molecule has 6 rings (SSSR count). The third kappa shape index (κ3) is 2.18. The normalized spacial score (nSPS) is 11.6. The lowest BCUT2D eigenvalue weighted by Crippen LogP contribution is -1.90. The van der Waals surface area contributed by atoms with Crippen LogP contribution < -0.4 is 0 Å². The first-order valence-corrected chi connectivity index (χ1v) is 9.71. The van der Waals surface area contributed by atoms with E-state index in [2.05, 4.69) is 109 Å². The van der Waals surface area contributed by atoms with Crippen molar-refractivity contribution in [3.05, 3.63) is 109 Å². The van der Waals surface area contributed by atoms with E-state index in [1.54, 1.807) is 0 Å². The number of hydrogen-bond acceptors (Lipinski definition) is 0. The molecule has 0 aliphatic heterocycles. The van der Waals surface area contributed by atoms with Crippen molar-refractivity contribution < 1.29 is 0 Å². The molecule has 0 nitrogen and oxygen atoms in total. The molecule has 0 amide bonds. The predicted octanol–water partition coefficient (Wildman–Crippen LogP) is 7.92. The van der Waals surface area contributed by atoms with Crippen LogP contribution in [0.25, 0.3) is 54.6 Å². The summed E-state index contributed by atoms with van der Waals surface area (Å²) < 4.78 is 0. The van der Waals surface area contributed by atoms with Crippen molar-refractivity contribution in [1.82, 2.24) is 0 Å². The van der Waals surface area contributed by atoms with Crippen molar-refractivity contribution in [1.29, 1.82) is 0 Å². The lowest BCUT2D eigenvalue weighted by Gasteiger charge is -2.18. The van der Waals surface area contributed by atoms with Gasteiger partial charge in [-0.1, -0.05) is 103 Å². The Bertz CT molecular complexity index is 1320. The van der Waals surface area contributed by atoms with Gasteiger partial charge in [0.05, 0.1) is 0 Å². The summed E-state index contributed by atoms with van der Waals surface area (Å²) in [5.74, 6) is 0. The maximum absolute atomic E-state index is 2.37. The molecule has 130 valence electrons. The molecule has 0 atom stereocenters. The van der Waals surface area contributed by atoms with Gasteiger partial charge in [-0.3, -0.25) is 0 Å². The number of hydrogen-bond donors (Lipinski definition) is 0. The van der Waals surface area contributed by atoms with E-state index in [4.69, 9.17) is 0 Å². The van der Waals surface area contributed by atoms with Gasteiger partial charge in [0.1, 0.15) is 0 Å². The monoisotopic (exact) mass is 354 g/mol. The van der Waals surface area contributed by atoms with Crippen molar-refractivity contribution in [2.75, 3.05) is 0 Å². The minimum atomic E-state index is 1.26. The SMILES string of the molecule is c1ccc(-c2cc(-c3ccccc3)c3ccc4cccc5ccc2c3c54)cc1. The van der Waals surface area contributed by atoms with Gasteiger partial charge in [-0.05, 0) is 60.6 Å². The Kier molecular flexibility index (Phi) is 3.27. The van der Waals surface area contributed by atoms with Crippen LogP contribution >= 0.6 is 0 Å². The van der Waals surface area contributed by atoms with E-state index < -0.39 is 0 Å². The Labute approximate surface area is 164 Å². The van der Waals surface area contributed by atoms with Crippen LogP contribution in [0.5, 0.6) is 0 Å². The zero-order valence-corrected chi connectivity index (χ0v) is 15.4. The lowest BCUT2D eigenvalue weighted by molar-refractivity contribution is 1.63. The maximum atomic E-state index is 2.37. The molecule has 0 heteroatoms. The first-order valence-electron chi connectivity index (χ1n) is 9.71. The zero-order valence-electron chi connectivity index (χ0n) is 15.4. The Morgan fingerprint density at radius 2 is 0.857 bits per heavy atom. The summed E-state index contributed by atoms with van der Waals surface area (Å²) in [5.41, 5.74) is 5.12. The van der Waals surface area contributed by atoms with E-state index >= 15 is 0 Å². The number of benzene rings is 6. The highest BCUT2D eigenvalue weighted by atomic mass is 14.2. The van der Waals surface area contributed by atoms with Crippen LogP contribution in [0.2, 0.25) is 0 Å². The van der Waals surface area contributed by atoms with Crippen LogP contribution in [0, 0.1) is 0 Å². The fourth-order valence-corrected chi connectivity index (χ4v) is 4.54. The topological polar surface area (TPSA) is 0 Å². The van der Waals surface area contributed by atoms with E-state index in [1.165, 1.54) is 54.6 Å². The molecule has 6 aromatic carbocycles. The summed E-state index contributed by atoms with van der Waals surface area (Å²) in [4.78, 5) is 0. The van der Waals surface area contributed by atoms with Gasteiger partial charge in [0.15, 0.2) is 0 Å². The molecular formula is C28H18. The average molecular weight is 354 g/mol. The minimum Gasteiger partial charge on any atom is -0.0622 e. The third-order valence-electron chi connectivity index (χ3n) is 5.82. The lowest BCUT2D eigenvalue weighted by atomic mass is 9.85. The minimum absolute atomic E-state index is 1.26. The van der Waals surface area contributed by atoms with Crippen LogP contribution in [0.1, 0.15) is 0 Å². The second-order valence-electron chi connectivity index (χ2n) is 7.38. The Morgan fingerprint density at radius 3 is 1.36 bits per heavy atom. The van der Waals surface area contributed by atoms with Gasteiger partial charge in [-0.25, -0.2) is 0 Å². The highest BCUT2D eigenvalue weighted by Crippen LogP contribution is 2.43. The average Bonchev–Trinajstić information content (AvgIpc) is 2.78. The van der Waals surface area contributed by atoms with Crippen LogP contribution in [0.3, 0.4) is 0 Å². The highest BCUT2D eigenvalue weighted by molar-refractivity contribution is 6.28. The smallest absolute Gasteiger partial charge is 0.00143 e. The van der Waals surface area contributed by atoms with Gasteiger partial charge in [-0.15, -0.1) is 0 Å². The molecule has 0 radical (unpaired) electrons. The van der Waals surface area contributed by atoms with E-state index in [0.29, 0.717) is 0 Å². The van der Waals surface area contributed by atoms with E-state index in [0.717, 1.165) is 0 Å². The first-order chi connectivity index (χ1) is 13.9. The van der Waals surface area contributed by atoms with Crippen LogP contribution in [-0.2, 0) is 0 Å². The van der Waals surface area contributed by atoms with E-state index in [-0.39, 0.29) is 0 Å². The molecule has 0 aliphatic carbocycles. The maximum Gasteiger partial charge on any atom is -0.00143 e. The Balaban J connectivity index is 1.86. The van der Waals surface area contributed by atoms with Gasteiger partial charge in [-0.2, -0.15) is 0 Å². The molecule has 0 heterocycles. The van der Waals surface area contributed by atoms with Crippen LogP contribution in [0.4, 0.5) is 0 Å². The van der Waals surface area contributed by atoms with Crippen molar-refractivity contribution in [3.63, 3.8) is 0 Å². The molecule has 6 aromatic rings. The molecule has 0 unspecified atom stereocenters. The second kappa shape index (κ2) is 5.94. The molecule has 0 N–H and O–H groups in total. The molecule has 0 aliphatic rings. The largest absolute Gasteiger partial charge is 0.0622 e. The van der Waals surface area contributed by atoms with Crippen LogP contribution in [0.15, 0.2) is 109 Å². The number of rotatable bonds is 2. The fraction of sp³-hybridized carbons (Fsp3) is 0. The molecule has 0 saturated heterocycles. The van der Waals surface area contributed by atoms with Gasteiger partial charge in [0.2, 0.25) is 0 Å². The van der Waals surface area contributed by atoms with E-state index in [1.807, 2.05) is 0 Å². The molecule has 0 saturated carbocycles. The van der Waals surface area contributed by atoms with Gasteiger partial charge in [0, 0.05) is 0 Å². The summed E-state index contributed by atoms with van der Waals surface area (Å²) >= 11 is 0. The summed E-state index contributed by atoms with van der Waals surface area (Å²) in [6.07, 6.45) is 0. The zero-order chi connectivity index (χ0) is 18.5. The van der Waals surface area contributed by atoms with Gasteiger partial charge >= 0.3 is 0 Å². The summed E-state index contributed by atoms with van der Waals surface area (Å²) in [6.45, 7) is 0.